The summed E-state index contributed by atoms with van der Waals surface area (Å²) in [5, 5.41) is 4.59. The van der Waals surface area contributed by atoms with E-state index in [-0.39, 0.29) is 17.4 Å². The molecule has 8 nitrogen and oxygen atoms in total. The van der Waals surface area contributed by atoms with Crippen LogP contribution in [0, 0.1) is 6.92 Å². The summed E-state index contributed by atoms with van der Waals surface area (Å²) in [6.45, 7) is 10.4. The molecule has 0 radical (unpaired) electrons. The summed E-state index contributed by atoms with van der Waals surface area (Å²) < 4.78 is 1.97. The minimum absolute atomic E-state index is 0.0790. The van der Waals surface area contributed by atoms with E-state index in [0.717, 1.165) is 31.7 Å². The number of pyridine rings is 1. The number of aryl methyl sites for hydroxylation is 2. The quantitative estimate of drug-likeness (QED) is 0.681. The monoisotopic (exact) mass is 380 g/mol. The number of nitrogens with zero attached hydrogens (tertiary/aromatic N) is 5. The number of H-pyrrole nitrogens is 1. The summed E-state index contributed by atoms with van der Waals surface area (Å²) in [5.41, 5.74) is 3.54. The number of hydrogen-bond acceptors (Lipinski definition) is 6. The van der Waals surface area contributed by atoms with E-state index < -0.39 is 0 Å². The molecule has 0 saturated carbocycles. The van der Waals surface area contributed by atoms with Crippen LogP contribution in [-0.2, 0) is 6.42 Å². The molecule has 8 heteroatoms. The highest BCUT2D eigenvalue weighted by molar-refractivity contribution is 5.95. The molecule has 146 valence electrons. The van der Waals surface area contributed by atoms with Gasteiger partial charge in [0.2, 0.25) is 0 Å². The first-order chi connectivity index (χ1) is 13.4. The lowest BCUT2D eigenvalue weighted by Gasteiger charge is -2.39. The second-order valence-corrected chi connectivity index (χ2v) is 7.28. The normalized spacial score (nSPS) is 15.1. The summed E-state index contributed by atoms with van der Waals surface area (Å²) in [7, 11) is 0. The van der Waals surface area contributed by atoms with Crippen molar-refractivity contribution in [3.05, 3.63) is 39.6 Å². The molecule has 0 bridgehead atoms. The molecule has 3 aromatic rings. The van der Waals surface area contributed by atoms with Crippen LogP contribution in [0.1, 0.15) is 48.6 Å². The Morgan fingerprint density at radius 1 is 1.29 bits per heavy atom. The number of aromatic nitrogens is 5. The highest BCUT2D eigenvalue weighted by Crippen LogP contribution is 2.27. The minimum Gasteiger partial charge on any atom is -0.305 e. The van der Waals surface area contributed by atoms with Crippen LogP contribution in [0.2, 0.25) is 0 Å². The second kappa shape index (κ2) is 6.94. The van der Waals surface area contributed by atoms with Crippen LogP contribution in [0.4, 0.5) is 0 Å². The molecule has 0 unspecified atom stereocenters. The topological polar surface area (TPSA) is 96.8 Å². The summed E-state index contributed by atoms with van der Waals surface area (Å²) in [4.78, 5) is 38.7. The average molecular weight is 380 g/mol. The van der Waals surface area contributed by atoms with E-state index in [1.54, 1.807) is 12.3 Å². The van der Waals surface area contributed by atoms with Gasteiger partial charge in [-0.1, -0.05) is 13.8 Å². The van der Waals surface area contributed by atoms with Crippen LogP contribution in [0.15, 0.2) is 17.1 Å². The summed E-state index contributed by atoms with van der Waals surface area (Å²) in [6.07, 6.45) is 2.28. The molecule has 4 rings (SSSR count). The van der Waals surface area contributed by atoms with Crippen LogP contribution in [0.5, 0.6) is 0 Å². The zero-order chi connectivity index (χ0) is 20.0. The number of carbonyl (C=O) groups is 1. The molecule has 4 heterocycles. The minimum atomic E-state index is -0.271. The van der Waals surface area contributed by atoms with Gasteiger partial charge >= 0.3 is 0 Å². The standard InChI is InChI=1S/C20H24N6O2/c1-5-16-17-18(24-26(16)14-9-25(6-2)10-14)20(28)23-19(22-17)15-7-13(12(4)27)8-21-11(15)3/h7-8,14H,5-6,9-10H2,1-4H3,(H,22,23,28). The fraction of sp³-hybridized carbons (Fsp3) is 0.450. The van der Waals surface area contributed by atoms with Gasteiger partial charge in [-0.25, -0.2) is 4.98 Å². The van der Waals surface area contributed by atoms with Crippen molar-refractivity contribution in [1.29, 1.82) is 0 Å². The van der Waals surface area contributed by atoms with Crippen molar-refractivity contribution in [2.24, 2.45) is 0 Å². The van der Waals surface area contributed by atoms with Gasteiger partial charge in [0, 0.05) is 36.1 Å². The highest BCUT2D eigenvalue weighted by Gasteiger charge is 2.30. The first-order valence-electron chi connectivity index (χ1n) is 9.64. The SMILES string of the molecule is CCc1c2nc(-c3cc(C(C)=O)cnc3C)[nH]c(=O)c2nn1C1CN(CC)C1. The van der Waals surface area contributed by atoms with Gasteiger partial charge < -0.3 is 4.98 Å². The molecule has 0 amide bonds. The second-order valence-electron chi connectivity index (χ2n) is 7.28. The van der Waals surface area contributed by atoms with Crippen LogP contribution >= 0.6 is 0 Å². The molecule has 0 atom stereocenters. The molecule has 1 aliphatic heterocycles. The van der Waals surface area contributed by atoms with Crippen molar-refractivity contribution in [2.45, 2.75) is 40.2 Å². The van der Waals surface area contributed by atoms with Gasteiger partial charge in [0.05, 0.1) is 11.7 Å². The molecule has 0 aliphatic carbocycles. The van der Waals surface area contributed by atoms with Crippen molar-refractivity contribution in [3.63, 3.8) is 0 Å². The van der Waals surface area contributed by atoms with Gasteiger partial charge in [-0.05, 0) is 32.9 Å². The number of likely N-dealkylation sites (N-methyl/N-ethyl adjacent to an activating group) is 1. The first-order valence-corrected chi connectivity index (χ1v) is 9.64. The number of hydrogen-bond donors (Lipinski definition) is 1. The predicted octanol–water partition coefficient (Wildman–Crippen LogP) is 2.13. The fourth-order valence-corrected chi connectivity index (χ4v) is 3.72. The Hall–Kier alpha value is -2.87. The van der Waals surface area contributed by atoms with Crippen molar-refractivity contribution in [2.75, 3.05) is 19.6 Å². The van der Waals surface area contributed by atoms with Crippen LogP contribution < -0.4 is 5.56 Å². The van der Waals surface area contributed by atoms with Gasteiger partial charge in [0.25, 0.3) is 5.56 Å². The van der Waals surface area contributed by atoms with Gasteiger partial charge in [-0.2, -0.15) is 5.10 Å². The van der Waals surface area contributed by atoms with Crippen molar-refractivity contribution in [1.82, 2.24) is 29.6 Å². The molecule has 0 aromatic carbocycles. The number of fused-ring (bicyclic) bond motifs is 1. The molecule has 1 N–H and O–H groups in total. The summed E-state index contributed by atoms with van der Waals surface area (Å²) in [5.74, 6) is 0.341. The van der Waals surface area contributed by atoms with Gasteiger partial charge in [-0.15, -0.1) is 0 Å². The van der Waals surface area contributed by atoms with Gasteiger partial charge in [0.1, 0.15) is 11.3 Å². The van der Waals surface area contributed by atoms with Gasteiger partial charge in [0.15, 0.2) is 11.3 Å². The number of Topliss-reactive ketones (excluding diaryl/α,β-unsaturated/α-hetero) is 1. The van der Waals surface area contributed by atoms with Crippen molar-refractivity contribution in [3.8, 4) is 11.4 Å². The third-order valence-corrected chi connectivity index (χ3v) is 5.47. The van der Waals surface area contributed by atoms with Gasteiger partial charge in [-0.3, -0.25) is 24.2 Å². The van der Waals surface area contributed by atoms with Crippen molar-refractivity contribution < 1.29 is 4.79 Å². The van der Waals surface area contributed by atoms with Crippen molar-refractivity contribution >= 4 is 16.8 Å². The maximum atomic E-state index is 12.8. The van der Waals surface area contributed by atoms with Crippen LogP contribution in [0.25, 0.3) is 22.4 Å². The average Bonchev–Trinajstić information content (AvgIpc) is 2.99. The maximum Gasteiger partial charge on any atom is 0.279 e. The van der Waals surface area contributed by atoms with E-state index in [2.05, 4.69) is 33.8 Å². The number of ketones is 1. The third kappa shape index (κ3) is 2.93. The Bertz CT molecular complexity index is 1120. The lowest BCUT2D eigenvalue weighted by molar-refractivity contribution is 0.101. The number of likely N-dealkylation sites (tertiary alicyclic amines) is 1. The predicted molar refractivity (Wildman–Crippen MR) is 107 cm³/mol. The third-order valence-electron chi connectivity index (χ3n) is 5.47. The Morgan fingerprint density at radius 3 is 2.68 bits per heavy atom. The first kappa shape index (κ1) is 18.5. The fourth-order valence-electron chi connectivity index (χ4n) is 3.72. The van der Waals surface area contributed by atoms with E-state index in [9.17, 15) is 9.59 Å². The van der Waals surface area contributed by atoms with E-state index in [1.807, 2.05) is 11.6 Å². The summed E-state index contributed by atoms with van der Waals surface area (Å²) >= 11 is 0. The Balaban J connectivity index is 1.86. The molecule has 1 saturated heterocycles. The number of rotatable bonds is 5. The molecule has 1 aliphatic rings. The smallest absolute Gasteiger partial charge is 0.279 e. The number of nitrogens with one attached hydrogen (secondary N) is 1. The van der Waals surface area contributed by atoms with E-state index in [4.69, 9.17) is 4.98 Å². The van der Waals surface area contributed by atoms with E-state index in [1.165, 1.54) is 6.92 Å². The molecular weight excluding hydrogens is 356 g/mol. The highest BCUT2D eigenvalue weighted by atomic mass is 16.1. The molecular formula is C20H24N6O2. The van der Waals surface area contributed by atoms with Crippen LogP contribution in [0.3, 0.4) is 0 Å². The Labute approximate surface area is 162 Å². The zero-order valence-electron chi connectivity index (χ0n) is 16.6. The Morgan fingerprint density at radius 2 is 2.04 bits per heavy atom. The number of aromatic amines is 1. The maximum absolute atomic E-state index is 12.8. The molecule has 28 heavy (non-hydrogen) atoms. The molecule has 1 fully saturated rings. The van der Waals surface area contributed by atoms with E-state index in [0.29, 0.717) is 33.7 Å². The largest absolute Gasteiger partial charge is 0.305 e. The lowest BCUT2D eigenvalue weighted by atomic mass is 10.1. The molecule has 0 spiro atoms. The summed E-state index contributed by atoms with van der Waals surface area (Å²) in [6, 6.07) is 2.01. The van der Waals surface area contributed by atoms with E-state index >= 15 is 0 Å². The van der Waals surface area contributed by atoms with Crippen LogP contribution in [-0.4, -0.2) is 55.0 Å². The zero-order valence-corrected chi connectivity index (χ0v) is 16.6. The molecule has 3 aromatic heterocycles. The number of carbonyl (C=O) groups excluding carboxylic acids is 1. The Kier molecular flexibility index (Phi) is 4.58. The lowest BCUT2D eigenvalue weighted by Crippen LogP contribution is -2.48.